The molecule has 0 aromatic heterocycles. The van der Waals surface area contributed by atoms with Crippen LogP contribution in [0.25, 0.3) is 0 Å². The molecule has 5 heteroatoms. The molecule has 1 amide bonds. The summed E-state index contributed by atoms with van der Waals surface area (Å²) in [5.41, 5.74) is 0.405. The Morgan fingerprint density at radius 2 is 1.86 bits per heavy atom. The SMILES string of the molecule is CN(CC(=O)N1CCCCCC1)Cc1ccc(F)cc1F. The number of likely N-dealkylation sites (tertiary alicyclic amines) is 1. The Kier molecular flexibility index (Phi) is 5.67. The average molecular weight is 296 g/mol. The van der Waals surface area contributed by atoms with Crippen molar-refractivity contribution in [2.45, 2.75) is 32.2 Å². The third-order valence-corrected chi connectivity index (χ3v) is 3.82. The highest BCUT2D eigenvalue weighted by atomic mass is 19.1. The van der Waals surface area contributed by atoms with Gasteiger partial charge in [-0.15, -0.1) is 0 Å². The minimum Gasteiger partial charge on any atom is -0.342 e. The number of benzene rings is 1. The standard InChI is InChI=1S/C16H22F2N2O/c1-19(11-13-6-7-14(17)10-15(13)18)12-16(21)20-8-4-2-3-5-9-20/h6-7,10H,2-5,8-9,11-12H2,1H3. The molecule has 0 bridgehead atoms. The summed E-state index contributed by atoms with van der Waals surface area (Å²) in [6.45, 7) is 2.19. The van der Waals surface area contributed by atoms with Gasteiger partial charge in [0.2, 0.25) is 5.91 Å². The Bertz CT molecular complexity index is 485. The number of nitrogens with zero attached hydrogens (tertiary/aromatic N) is 2. The lowest BCUT2D eigenvalue weighted by Gasteiger charge is -2.24. The van der Waals surface area contributed by atoms with Crippen molar-refractivity contribution in [3.8, 4) is 0 Å². The van der Waals surface area contributed by atoms with Crippen LogP contribution in [-0.4, -0.2) is 42.4 Å². The molecule has 0 aliphatic carbocycles. The van der Waals surface area contributed by atoms with E-state index in [-0.39, 0.29) is 12.5 Å². The number of halogens is 2. The number of carbonyl (C=O) groups is 1. The number of likely N-dealkylation sites (N-methyl/N-ethyl adjacent to an activating group) is 1. The molecule has 1 aromatic carbocycles. The summed E-state index contributed by atoms with van der Waals surface area (Å²) >= 11 is 0. The van der Waals surface area contributed by atoms with Gasteiger partial charge in [-0.05, 0) is 26.0 Å². The fraction of sp³-hybridized carbons (Fsp3) is 0.562. The van der Waals surface area contributed by atoms with E-state index in [4.69, 9.17) is 0 Å². The highest BCUT2D eigenvalue weighted by molar-refractivity contribution is 5.78. The quantitative estimate of drug-likeness (QED) is 0.853. The second-order valence-corrected chi connectivity index (χ2v) is 5.70. The van der Waals surface area contributed by atoms with Crippen molar-refractivity contribution in [1.29, 1.82) is 0 Å². The van der Waals surface area contributed by atoms with Crippen molar-refractivity contribution in [3.63, 3.8) is 0 Å². The van der Waals surface area contributed by atoms with Gasteiger partial charge in [-0.1, -0.05) is 18.9 Å². The van der Waals surface area contributed by atoms with Gasteiger partial charge in [-0.2, -0.15) is 0 Å². The van der Waals surface area contributed by atoms with Crippen LogP contribution in [0.4, 0.5) is 8.78 Å². The number of hydrogen-bond acceptors (Lipinski definition) is 2. The molecule has 1 fully saturated rings. The highest BCUT2D eigenvalue weighted by Gasteiger charge is 2.17. The second-order valence-electron chi connectivity index (χ2n) is 5.70. The Morgan fingerprint density at radius 3 is 2.48 bits per heavy atom. The van der Waals surface area contributed by atoms with Gasteiger partial charge in [0, 0.05) is 31.3 Å². The highest BCUT2D eigenvalue weighted by Crippen LogP contribution is 2.13. The van der Waals surface area contributed by atoms with E-state index in [9.17, 15) is 13.6 Å². The Hall–Kier alpha value is -1.49. The molecule has 1 aromatic rings. The van der Waals surface area contributed by atoms with Gasteiger partial charge in [0.1, 0.15) is 11.6 Å². The third kappa shape index (κ3) is 4.77. The third-order valence-electron chi connectivity index (χ3n) is 3.82. The Labute approximate surface area is 124 Å². The monoisotopic (exact) mass is 296 g/mol. The topological polar surface area (TPSA) is 23.6 Å². The average Bonchev–Trinajstić information content (AvgIpc) is 2.71. The molecule has 2 rings (SSSR count). The summed E-state index contributed by atoms with van der Waals surface area (Å²) < 4.78 is 26.5. The Morgan fingerprint density at radius 1 is 1.19 bits per heavy atom. The lowest BCUT2D eigenvalue weighted by molar-refractivity contribution is -0.132. The van der Waals surface area contributed by atoms with E-state index in [2.05, 4.69) is 0 Å². The van der Waals surface area contributed by atoms with Gasteiger partial charge < -0.3 is 4.90 Å². The van der Waals surface area contributed by atoms with Crippen molar-refractivity contribution in [2.24, 2.45) is 0 Å². The number of amides is 1. The molecule has 0 radical (unpaired) electrons. The van der Waals surface area contributed by atoms with E-state index in [0.717, 1.165) is 32.0 Å². The van der Waals surface area contributed by atoms with Crippen molar-refractivity contribution in [1.82, 2.24) is 9.80 Å². The molecule has 21 heavy (non-hydrogen) atoms. The van der Waals surface area contributed by atoms with Crippen LogP contribution in [0.5, 0.6) is 0 Å². The van der Waals surface area contributed by atoms with Gasteiger partial charge in [0.05, 0.1) is 6.54 Å². The first-order valence-electron chi connectivity index (χ1n) is 7.46. The maximum Gasteiger partial charge on any atom is 0.236 e. The molecule has 0 spiro atoms. The zero-order chi connectivity index (χ0) is 15.2. The van der Waals surface area contributed by atoms with Crippen LogP contribution in [-0.2, 0) is 11.3 Å². The van der Waals surface area contributed by atoms with E-state index in [1.165, 1.54) is 25.0 Å². The van der Waals surface area contributed by atoms with Gasteiger partial charge in [-0.25, -0.2) is 8.78 Å². The number of carbonyl (C=O) groups excluding carboxylic acids is 1. The maximum absolute atomic E-state index is 13.6. The largest absolute Gasteiger partial charge is 0.342 e. The van der Waals surface area contributed by atoms with Crippen molar-refractivity contribution in [2.75, 3.05) is 26.7 Å². The molecule has 3 nitrogen and oxygen atoms in total. The maximum atomic E-state index is 13.6. The van der Waals surface area contributed by atoms with E-state index < -0.39 is 11.6 Å². The zero-order valence-corrected chi connectivity index (χ0v) is 12.4. The van der Waals surface area contributed by atoms with Crippen LogP contribution in [0.2, 0.25) is 0 Å². The van der Waals surface area contributed by atoms with Crippen molar-refractivity contribution < 1.29 is 13.6 Å². The summed E-state index contributed by atoms with van der Waals surface area (Å²) in [5, 5.41) is 0. The van der Waals surface area contributed by atoms with Gasteiger partial charge >= 0.3 is 0 Å². The first-order chi connectivity index (χ1) is 10.1. The lowest BCUT2D eigenvalue weighted by atomic mass is 10.2. The van der Waals surface area contributed by atoms with Crippen LogP contribution in [0.15, 0.2) is 18.2 Å². The fourth-order valence-electron chi connectivity index (χ4n) is 2.65. The van der Waals surface area contributed by atoms with Crippen LogP contribution in [0, 0.1) is 11.6 Å². The summed E-state index contributed by atoms with van der Waals surface area (Å²) in [7, 11) is 1.78. The number of rotatable bonds is 4. The first-order valence-corrected chi connectivity index (χ1v) is 7.46. The van der Waals surface area contributed by atoms with Crippen LogP contribution in [0.1, 0.15) is 31.2 Å². The summed E-state index contributed by atoms with van der Waals surface area (Å²) in [6, 6.07) is 3.54. The predicted molar refractivity (Wildman–Crippen MR) is 77.7 cm³/mol. The minimum atomic E-state index is -0.584. The molecule has 0 atom stereocenters. The van der Waals surface area contributed by atoms with E-state index in [1.807, 2.05) is 4.90 Å². The Balaban J connectivity index is 1.88. The number of hydrogen-bond donors (Lipinski definition) is 0. The predicted octanol–water partition coefficient (Wildman–Crippen LogP) is 2.80. The summed E-state index contributed by atoms with van der Waals surface area (Å²) in [4.78, 5) is 15.9. The zero-order valence-electron chi connectivity index (χ0n) is 12.4. The lowest BCUT2D eigenvalue weighted by Crippen LogP contribution is -2.39. The molecule has 0 N–H and O–H groups in total. The summed E-state index contributed by atoms with van der Waals surface area (Å²) in [6.07, 6.45) is 4.48. The molecule has 1 saturated heterocycles. The van der Waals surface area contributed by atoms with E-state index in [1.54, 1.807) is 11.9 Å². The molecule has 1 heterocycles. The molecular formula is C16H22F2N2O. The fourth-order valence-corrected chi connectivity index (χ4v) is 2.65. The van der Waals surface area contributed by atoms with Crippen molar-refractivity contribution in [3.05, 3.63) is 35.4 Å². The van der Waals surface area contributed by atoms with Crippen LogP contribution in [0.3, 0.4) is 0 Å². The summed E-state index contributed by atoms with van der Waals surface area (Å²) in [5.74, 6) is -1.06. The molecule has 0 saturated carbocycles. The van der Waals surface area contributed by atoms with E-state index >= 15 is 0 Å². The second kappa shape index (κ2) is 7.50. The van der Waals surface area contributed by atoms with Crippen LogP contribution >= 0.6 is 0 Å². The van der Waals surface area contributed by atoms with Gasteiger partial charge in [0.25, 0.3) is 0 Å². The minimum absolute atomic E-state index is 0.0851. The molecule has 1 aliphatic rings. The molecule has 116 valence electrons. The van der Waals surface area contributed by atoms with Crippen molar-refractivity contribution >= 4 is 5.91 Å². The molecular weight excluding hydrogens is 274 g/mol. The van der Waals surface area contributed by atoms with Gasteiger partial charge in [0.15, 0.2) is 0 Å². The van der Waals surface area contributed by atoms with Crippen LogP contribution < -0.4 is 0 Å². The van der Waals surface area contributed by atoms with Gasteiger partial charge in [-0.3, -0.25) is 9.69 Å². The normalized spacial score (nSPS) is 16.1. The first kappa shape index (κ1) is 15.9. The smallest absolute Gasteiger partial charge is 0.236 e. The van der Waals surface area contributed by atoms with E-state index in [0.29, 0.717) is 12.1 Å². The molecule has 0 unspecified atom stereocenters. The molecule has 1 aliphatic heterocycles.